The van der Waals surface area contributed by atoms with Crippen LogP contribution in [0.1, 0.15) is 26.7 Å². The number of amides is 1. The minimum Gasteiger partial charge on any atom is -0.464 e. The first-order chi connectivity index (χ1) is 7.11. The summed E-state index contributed by atoms with van der Waals surface area (Å²) in [7, 11) is 0. The van der Waals surface area contributed by atoms with Gasteiger partial charge in [-0.25, -0.2) is 4.79 Å². The third-order valence-corrected chi connectivity index (χ3v) is 2.59. The lowest BCUT2D eigenvalue weighted by Crippen LogP contribution is -2.44. The molecule has 1 amide bonds. The van der Waals surface area contributed by atoms with E-state index in [9.17, 15) is 9.59 Å². The smallest absolute Gasteiger partial charge is 0.328 e. The summed E-state index contributed by atoms with van der Waals surface area (Å²) in [5, 5.41) is 0. The molecule has 0 aliphatic carbocycles. The van der Waals surface area contributed by atoms with Crippen LogP contribution in [0, 0.1) is 0 Å². The van der Waals surface area contributed by atoms with E-state index >= 15 is 0 Å². The molecule has 1 fully saturated rings. The van der Waals surface area contributed by atoms with E-state index in [2.05, 4.69) is 6.58 Å². The summed E-state index contributed by atoms with van der Waals surface area (Å²) in [4.78, 5) is 24.7. The Morgan fingerprint density at radius 1 is 1.80 bits per heavy atom. The number of nitrogens with zero attached hydrogens (tertiary/aromatic N) is 1. The molecule has 1 saturated heterocycles. The number of carbonyl (C=O) groups is 2. The molecule has 0 saturated carbocycles. The average Bonchev–Trinajstić information content (AvgIpc) is 2.59. The summed E-state index contributed by atoms with van der Waals surface area (Å²) in [6, 6.07) is -0.542. The maximum atomic E-state index is 11.6. The van der Waals surface area contributed by atoms with E-state index in [1.807, 2.05) is 6.92 Å². The summed E-state index contributed by atoms with van der Waals surface area (Å²) in [6.45, 7) is 7.59. The standard InChI is InChI=1S/C11H17NO3/c1-4-8(3)12-9(6-7-10(12)13)11(14)15-5-2/h4,8-9H,1,5-7H2,2-3H3/t8?,9-/m0/s1. The lowest BCUT2D eigenvalue weighted by Gasteiger charge is -2.27. The van der Waals surface area contributed by atoms with E-state index in [1.54, 1.807) is 17.9 Å². The Balaban J connectivity index is 2.75. The zero-order valence-corrected chi connectivity index (χ0v) is 9.23. The highest BCUT2D eigenvalue weighted by Crippen LogP contribution is 2.22. The summed E-state index contributed by atoms with van der Waals surface area (Å²) in [6.07, 6.45) is 2.63. The normalized spacial score (nSPS) is 22.7. The van der Waals surface area contributed by atoms with Crippen molar-refractivity contribution in [2.24, 2.45) is 0 Å². The van der Waals surface area contributed by atoms with Gasteiger partial charge in [0.2, 0.25) is 5.91 Å². The van der Waals surface area contributed by atoms with Crippen LogP contribution in [-0.4, -0.2) is 35.5 Å². The quantitative estimate of drug-likeness (QED) is 0.517. The zero-order valence-electron chi connectivity index (χ0n) is 9.23. The predicted octanol–water partition coefficient (Wildman–Crippen LogP) is 1.11. The van der Waals surface area contributed by atoms with Crippen molar-refractivity contribution < 1.29 is 14.3 Å². The fourth-order valence-electron chi connectivity index (χ4n) is 1.80. The monoisotopic (exact) mass is 211 g/mol. The van der Waals surface area contributed by atoms with Gasteiger partial charge >= 0.3 is 5.97 Å². The fraction of sp³-hybridized carbons (Fsp3) is 0.636. The first-order valence-corrected chi connectivity index (χ1v) is 5.22. The third-order valence-electron chi connectivity index (χ3n) is 2.59. The SMILES string of the molecule is C=CC(C)N1C(=O)CC[C@H]1C(=O)OCC. The van der Waals surface area contributed by atoms with Crippen LogP contribution < -0.4 is 0 Å². The molecular formula is C11H17NO3. The van der Waals surface area contributed by atoms with Gasteiger partial charge in [-0.3, -0.25) is 4.79 Å². The van der Waals surface area contributed by atoms with Gasteiger partial charge in [0, 0.05) is 12.5 Å². The van der Waals surface area contributed by atoms with Crippen LogP contribution in [-0.2, 0) is 14.3 Å². The summed E-state index contributed by atoms with van der Waals surface area (Å²) < 4.78 is 4.93. The van der Waals surface area contributed by atoms with Crippen LogP contribution in [0.25, 0.3) is 0 Å². The maximum Gasteiger partial charge on any atom is 0.328 e. The van der Waals surface area contributed by atoms with Crippen LogP contribution in [0.5, 0.6) is 0 Å². The van der Waals surface area contributed by atoms with Crippen molar-refractivity contribution in [2.45, 2.75) is 38.8 Å². The molecule has 0 spiro atoms. The van der Waals surface area contributed by atoms with Gasteiger partial charge in [-0.1, -0.05) is 6.08 Å². The van der Waals surface area contributed by atoms with Crippen molar-refractivity contribution in [3.05, 3.63) is 12.7 Å². The molecule has 1 heterocycles. The second-order valence-corrected chi connectivity index (χ2v) is 3.58. The van der Waals surface area contributed by atoms with E-state index in [1.165, 1.54) is 0 Å². The zero-order chi connectivity index (χ0) is 11.4. The van der Waals surface area contributed by atoms with Crippen molar-refractivity contribution in [1.29, 1.82) is 0 Å². The van der Waals surface area contributed by atoms with E-state index in [0.29, 0.717) is 19.4 Å². The molecule has 0 aromatic carbocycles. The van der Waals surface area contributed by atoms with Gasteiger partial charge in [0.05, 0.1) is 6.61 Å². The Kier molecular flexibility index (Phi) is 3.88. The van der Waals surface area contributed by atoms with Gasteiger partial charge < -0.3 is 9.64 Å². The Morgan fingerprint density at radius 3 is 3.00 bits per heavy atom. The molecular weight excluding hydrogens is 194 g/mol. The fourth-order valence-corrected chi connectivity index (χ4v) is 1.80. The number of carbonyl (C=O) groups excluding carboxylic acids is 2. The largest absolute Gasteiger partial charge is 0.464 e. The molecule has 0 N–H and O–H groups in total. The highest BCUT2D eigenvalue weighted by molar-refractivity contribution is 5.88. The van der Waals surface area contributed by atoms with Crippen LogP contribution in [0.3, 0.4) is 0 Å². The molecule has 0 aromatic rings. The van der Waals surface area contributed by atoms with Crippen molar-refractivity contribution in [3.63, 3.8) is 0 Å². The van der Waals surface area contributed by atoms with E-state index in [0.717, 1.165) is 0 Å². The van der Waals surface area contributed by atoms with Crippen molar-refractivity contribution in [3.8, 4) is 0 Å². The molecule has 4 nitrogen and oxygen atoms in total. The molecule has 1 aliphatic rings. The topological polar surface area (TPSA) is 46.6 Å². The van der Waals surface area contributed by atoms with Crippen molar-refractivity contribution in [1.82, 2.24) is 4.90 Å². The number of hydrogen-bond acceptors (Lipinski definition) is 3. The lowest BCUT2D eigenvalue weighted by molar-refractivity contribution is -0.152. The molecule has 1 unspecified atom stereocenters. The second-order valence-electron chi connectivity index (χ2n) is 3.58. The molecule has 1 aliphatic heterocycles. The lowest BCUT2D eigenvalue weighted by atomic mass is 10.2. The van der Waals surface area contributed by atoms with E-state index in [-0.39, 0.29) is 17.9 Å². The number of rotatable bonds is 4. The highest BCUT2D eigenvalue weighted by Gasteiger charge is 2.38. The van der Waals surface area contributed by atoms with Gasteiger partial charge in [0.25, 0.3) is 0 Å². The minimum atomic E-state index is -0.426. The molecule has 0 radical (unpaired) electrons. The predicted molar refractivity (Wildman–Crippen MR) is 56.2 cm³/mol. The summed E-state index contributed by atoms with van der Waals surface area (Å²) in [5.74, 6) is -0.308. The molecule has 2 atom stereocenters. The number of ether oxygens (including phenoxy) is 1. The Hall–Kier alpha value is -1.32. The Labute approximate surface area is 89.9 Å². The minimum absolute atomic E-state index is 0.000420. The van der Waals surface area contributed by atoms with Gasteiger partial charge in [-0.2, -0.15) is 0 Å². The Bertz CT molecular complexity index is 275. The molecule has 0 aromatic heterocycles. The van der Waals surface area contributed by atoms with Crippen molar-refractivity contribution >= 4 is 11.9 Å². The molecule has 0 bridgehead atoms. The average molecular weight is 211 g/mol. The molecule has 84 valence electrons. The van der Waals surface area contributed by atoms with Gasteiger partial charge in [0.15, 0.2) is 0 Å². The highest BCUT2D eigenvalue weighted by atomic mass is 16.5. The van der Waals surface area contributed by atoms with E-state index in [4.69, 9.17) is 4.74 Å². The van der Waals surface area contributed by atoms with Gasteiger partial charge in [-0.05, 0) is 20.3 Å². The number of esters is 1. The molecule has 4 heteroatoms. The third kappa shape index (κ3) is 2.37. The molecule has 1 rings (SSSR count). The van der Waals surface area contributed by atoms with Gasteiger partial charge in [-0.15, -0.1) is 6.58 Å². The van der Waals surface area contributed by atoms with Crippen LogP contribution in [0.15, 0.2) is 12.7 Å². The first kappa shape index (κ1) is 11.8. The van der Waals surface area contributed by atoms with Crippen LogP contribution in [0.2, 0.25) is 0 Å². The Morgan fingerprint density at radius 2 is 2.47 bits per heavy atom. The first-order valence-electron chi connectivity index (χ1n) is 5.22. The van der Waals surface area contributed by atoms with Crippen molar-refractivity contribution in [2.75, 3.05) is 6.61 Å². The van der Waals surface area contributed by atoms with E-state index < -0.39 is 6.04 Å². The molecule has 15 heavy (non-hydrogen) atoms. The maximum absolute atomic E-state index is 11.6. The van der Waals surface area contributed by atoms with Crippen LogP contribution >= 0.6 is 0 Å². The van der Waals surface area contributed by atoms with Crippen LogP contribution in [0.4, 0.5) is 0 Å². The number of likely N-dealkylation sites (tertiary alicyclic amines) is 1. The summed E-state index contributed by atoms with van der Waals surface area (Å²) in [5.41, 5.74) is 0. The van der Waals surface area contributed by atoms with Gasteiger partial charge in [0.1, 0.15) is 6.04 Å². The second kappa shape index (κ2) is 4.96. The summed E-state index contributed by atoms with van der Waals surface area (Å²) >= 11 is 0. The number of hydrogen-bond donors (Lipinski definition) is 0.